The van der Waals surface area contributed by atoms with Crippen molar-refractivity contribution in [1.29, 1.82) is 0 Å². The van der Waals surface area contributed by atoms with E-state index in [2.05, 4.69) is 0 Å². The molecule has 0 aliphatic carbocycles. The molecule has 5 heteroatoms. The Balaban J connectivity index is 2.21. The maximum Gasteiger partial charge on any atom is 0.149 e. The lowest BCUT2D eigenvalue weighted by Gasteiger charge is -2.24. The van der Waals surface area contributed by atoms with E-state index in [1.807, 2.05) is 23.6 Å². The Bertz CT molecular complexity index is 422. The van der Waals surface area contributed by atoms with E-state index in [1.165, 1.54) is 12.1 Å². The first-order chi connectivity index (χ1) is 9.61. The quantitative estimate of drug-likeness (QED) is 0.926. The number of nitrogens with zero attached hydrogens (tertiary/aromatic N) is 1. The van der Waals surface area contributed by atoms with E-state index >= 15 is 0 Å². The molecule has 1 unspecified atom stereocenters. The third kappa shape index (κ3) is 3.85. The van der Waals surface area contributed by atoms with Crippen molar-refractivity contribution in [3.05, 3.63) is 29.3 Å². The Kier molecular flexibility index (Phi) is 5.66. The topological polar surface area (TPSA) is 29.3 Å². The average Bonchev–Trinajstić information content (AvgIpc) is 2.67. The van der Waals surface area contributed by atoms with Gasteiger partial charge in [0.25, 0.3) is 0 Å². The fourth-order valence-corrected chi connectivity index (χ4v) is 3.34. The molecule has 1 fully saturated rings. The Morgan fingerprint density at radius 1 is 1.25 bits per heavy atom. The molecule has 2 rings (SSSR count). The zero-order valence-corrected chi connectivity index (χ0v) is 12.7. The summed E-state index contributed by atoms with van der Waals surface area (Å²) in [7, 11) is 0. The molecule has 1 aromatic rings. The number of benzene rings is 1. The highest BCUT2D eigenvalue weighted by Crippen LogP contribution is 2.27. The number of rotatable bonds is 4. The van der Waals surface area contributed by atoms with Crippen molar-refractivity contribution >= 4 is 17.4 Å². The zero-order chi connectivity index (χ0) is 14.5. The maximum atomic E-state index is 14.3. The van der Waals surface area contributed by atoms with Crippen molar-refractivity contribution in [3.8, 4) is 0 Å². The molecule has 112 valence electrons. The third-order valence-electron chi connectivity index (χ3n) is 3.64. The van der Waals surface area contributed by atoms with Gasteiger partial charge in [-0.2, -0.15) is 11.8 Å². The maximum absolute atomic E-state index is 14.3. The van der Waals surface area contributed by atoms with Crippen LogP contribution in [0.15, 0.2) is 12.1 Å². The molecule has 1 heterocycles. The molecule has 0 bridgehead atoms. The Morgan fingerprint density at radius 3 is 2.60 bits per heavy atom. The van der Waals surface area contributed by atoms with Crippen LogP contribution < -0.4 is 10.6 Å². The van der Waals surface area contributed by atoms with Gasteiger partial charge in [0.05, 0.1) is 0 Å². The first kappa shape index (κ1) is 15.6. The molecule has 0 saturated carbocycles. The van der Waals surface area contributed by atoms with Crippen molar-refractivity contribution in [2.45, 2.75) is 32.2 Å². The summed E-state index contributed by atoms with van der Waals surface area (Å²) in [5.74, 6) is 1.05. The highest BCUT2D eigenvalue weighted by molar-refractivity contribution is 7.99. The molecular weight excluding hydrogens is 278 g/mol. The molecule has 1 aliphatic rings. The number of thioether (sulfide) groups is 1. The Labute approximate surface area is 123 Å². The molecule has 1 aliphatic heterocycles. The normalized spacial score (nSPS) is 17.9. The van der Waals surface area contributed by atoms with E-state index in [0.29, 0.717) is 25.1 Å². The summed E-state index contributed by atoms with van der Waals surface area (Å²) in [6, 6.07) is 2.83. The molecule has 1 aromatic carbocycles. The van der Waals surface area contributed by atoms with Crippen LogP contribution in [0.1, 0.15) is 25.3 Å². The van der Waals surface area contributed by atoms with Crippen LogP contribution in [0.2, 0.25) is 0 Å². The van der Waals surface area contributed by atoms with Crippen LogP contribution in [0.4, 0.5) is 14.5 Å². The SMILES string of the molecule is CCC(N)Cc1cc(F)c(N2CCCSCC2)c(F)c1. The van der Waals surface area contributed by atoms with Crippen LogP contribution in [0, 0.1) is 11.6 Å². The Morgan fingerprint density at radius 2 is 1.95 bits per heavy atom. The first-order valence-electron chi connectivity index (χ1n) is 7.18. The lowest BCUT2D eigenvalue weighted by atomic mass is 10.0. The monoisotopic (exact) mass is 300 g/mol. The summed E-state index contributed by atoms with van der Waals surface area (Å²) in [4.78, 5) is 1.83. The standard InChI is InChI=1S/C15H22F2N2S/c1-2-12(18)8-11-9-13(16)15(14(17)10-11)19-4-3-6-20-7-5-19/h9-10,12H,2-8,18H2,1H3. The van der Waals surface area contributed by atoms with E-state index in [1.54, 1.807) is 0 Å². The van der Waals surface area contributed by atoms with E-state index in [0.717, 1.165) is 24.3 Å². The van der Waals surface area contributed by atoms with Crippen LogP contribution >= 0.6 is 11.8 Å². The first-order valence-corrected chi connectivity index (χ1v) is 8.33. The molecule has 20 heavy (non-hydrogen) atoms. The molecule has 2 N–H and O–H groups in total. The summed E-state index contributed by atoms with van der Waals surface area (Å²) in [6.07, 6.45) is 2.28. The van der Waals surface area contributed by atoms with Gasteiger partial charge in [0.2, 0.25) is 0 Å². The van der Waals surface area contributed by atoms with E-state index in [-0.39, 0.29) is 11.7 Å². The largest absolute Gasteiger partial charge is 0.366 e. The molecule has 0 radical (unpaired) electrons. The highest BCUT2D eigenvalue weighted by atomic mass is 32.2. The van der Waals surface area contributed by atoms with Gasteiger partial charge in [0.15, 0.2) is 0 Å². The van der Waals surface area contributed by atoms with Gasteiger partial charge in [-0.25, -0.2) is 8.78 Å². The minimum Gasteiger partial charge on any atom is -0.366 e. The minimum absolute atomic E-state index is 0.0470. The number of nitrogens with two attached hydrogens (primary N) is 1. The van der Waals surface area contributed by atoms with E-state index in [4.69, 9.17) is 5.73 Å². The fraction of sp³-hybridized carbons (Fsp3) is 0.600. The summed E-state index contributed by atoms with van der Waals surface area (Å²) >= 11 is 1.84. The number of hydrogen-bond acceptors (Lipinski definition) is 3. The second kappa shape index (κ2) is 7.27. The van der Waals surface area contributed by atoms with Crippen LogP contribution in [0.25, 0.3) is 0 Å². The number of halogens is 2. The second-order valence-electron chi connectivity index (χ2n) is 5.23. The smallest absolute Gasteiger partial charge is 0.149 e. The molecule has 2 nitrogen and oxygen atoms in total. The van der Waals surface area contributed by atoms with Gasteiger partial charge in [0, 0.05) is 24.9 Å². The third-order valence-corrected chi connectivity index (χ3v) is 4.69. The molecule has 0 spiro atoms. The van der Waals surface area contributed by atoms with Crippen molar-refractivity contribution in [1.82, 2.24) is 0 Å². The average molecular weight is 300 g/mol. The molecule has 0 aromatic heterocycles. The van der Waals surface area contributed by atoms with Crippen molar-refractivity contribution in [3.63, 3.8) is 0 Å². The van der Waals surface area contributed by atoms with Crippen LogP contribution in [0.5, 0.6) is 0 Å². The lowest BCUT2D eigenvalue weighted by molar-refractivity contribution is 0.563. The predicted molar refractivity (Wildman–Crippen MR) is 82.5 cm³/mol. The second-order valence-corrected chi connectivity index (χ2v) is 6.46. The van der Waals surface area contributed by atoms with Crippen LogP contribution in [-0.4, -0.2) is 30.6 Å². The van der Waals surface area contributed by atoms with E-state index < -0.39 is 11.6 Å². The summed E-state index contributed by atoms with van der Waals surface area (Å²) in [6.45, 7) is 3.39. The summed E-state index contributed by atoms with van der Waals surface area (Å²) < 4.78 is 28.5. The van der Waals surface area contributed by atoms with Gasteiger partial charge in [-0.3, -0.25) is 0 Å². The molecular formula is C15H22F2N2S. The predicted octanol–water partition coefficient (Wildman–Crippen LogP) is 3.19. The minimum atomic E-state index is -0.463. The van der Waals surface area contributed by atoms with Gasteiger partial charge < -0.3 is 10.6 Å². The molecule has 1 saturated heterocycles. The highest BCUT2D eigenvalue weighted by Gasteiger charge is 2.19. The fourth-order valence-electron chi connectivity index (χ4n) is 2.45. The van der Waals surface area contributed by atoms with Crippen molar-refractivity contribution < 1.29 is 8.78 Å². The molecule has 0 amide bonds. The zero-order valence-electron chi connectivity index (χ0n) is 11.9. The van der Waals surface area contributed by atoms with Crippen LogP contribution in [-0.2, 0) is 6.42 Å². The van der Waals surface area contributed by atoms with Gasteiger partial charge >= 0.3 is 0 Å². The number of anilines is 1. The Hall–Kier alpha value is -0.810. The van der Waals surface area contributed by atoms with Crippen molar-refractivity contribution in [2.75, 3.05) is 29.5 Å². The van der Waals surface area contributed by atoms with Crippen molar-refractivity contribution in [2.24, 2.45) is 5.73 Å². The van der Waals surface area contributed by atoms with Gasteiger partial charge in [-0.05, 0) is 42.7 Å². The summed E-state index contributed by atoms with van der Waals surface area (Å²) in [5.41, 5.74) is 6.62. The van der Waals surface area contributed by atoms with Gasteiger partial charge in [-0.15, -0.1) is 0 Å². The summed E-state index contributed by atoms with van der Waals surface area (Å²) in [5, 5.41) is 0. The van der Waals surface area contributed by atoms with Gasteiger partial charge in [-0.1, -0.05) is 6.92 Å². The molecule has 1 atom stereocenters. The van der Waals surface area contributed by atoms with Gasteiger partial charge in [0.1, 0.15) is 17.3 Å². The lowest BCUT2D eigenvalue weighted by Crippen LogP contribution is -2.28. The van der Waals surface area contributed by atoms with E-state index in [9.17, 15) is 8.78 Å². The number of hydrogen-bond donors (Lipinski definition) is 1. The van der Waals surface area contributed by atoms with Crippen LogP contribution in [0.3, 0.4) is 0 Å².